The molecule has 0 saturated carbocycles. The predicted octanol–water partition coefficient (Wildman–Crippen LogP) is -1.24. The number of carboxylic acids is 1. The van der Waals surface area contributed by atoms with Crippen molar-refractivity contribution in [1.82, 2.24) is 4.72 Å². The first-order valence-electron chi connectivity index (χ1n) is 3.76. The molecule has 0 aliphatic carbocycles. The molecule has 14 heavy (non-hydrogen) atoms. The van der Waals surface area contributed by atoms with Crippen LogP contribution in [0.4, 0.5) is 0 Å². The molecule has 84 valence electrons. The molecule has 0 heterocycles. The zero-order chi connectivity index (χ0) is 11.4. The van der Waals surface area contributed by atoms with Gasteiger partial charge in [-0.15, -0.1) is 0 Å². The molecule has 2 N–H and O–H groups in total. The Morgan fingerprint density at radius 1 is 1.57 bits per heavy atom. The fourth-order valence-electron chi connectivity index (χ4n) is 0.575. The Morgan fingerprint density at radius 3 is 2.43 bits per heavy atom. The van der Waals surface area contributed by atoms with Crippen LogP contribution in [-0.4, -0.2) is 47.5 Å². The number of rotatable bonds is 6. The summed E-state index contributed by atoms with van der Waals surface area (Å²) in [5.41, 5.74) is 0. The zero-order valence-electron chi connectivity index (χ0n) is 7.89. The zero-order valence-corrected chi connectivity index (χ0v) is 9.52. The predicted molar refractivity (Wildman–Crippen MR) is 53.0 cm³/mol. The van der Waals surface area contributed by atoms with Crippen LogP contribution in [0.5, 0.6) is 0 Å². The minimum atomic E-state index is -3.79. The van der Waals surface area contributed by atoms with Crippen LogP contribution >= 0.6 is 0 Å². The van der Waals surface area contributed by atoms with Gasteiger partial charge < -0.3 is 5.11 Å². The van der Waals surface area contributed by atoms with E-state index in [1.807, 2.05) is 0 Å². The van der Waals surface area contributed by atoms with E-state index in [4.69, 9.17) is 5.11 Å². The van der Waals surface area contributed by atoms with Crippen molar-refractivity contribution in [2.45, 2.75) is 12.2 Å². The van der Waals surface area contributed by atoms with Crippen molar-refractivity contribution in [3.05, 3.63) is 0 Å². The molecule has 2 atom stereocenters. The summed E-state index contributed by atoms with van der Waals surface area (Å²) >= 11 is 0. The molecule has 0 bridgehead atoms. The Balaban J connectivity index is 4.13. The molecule has 0 spiro atoms. The molecule has 2 unspecified atom stereocenters. The van der Waals surface area contributed by atoms with Crippen molar-refractivity contribution < 1.29 is 22.5 Å². The maximum atomic E-state index is 11.0. The molecule has 0 aliphatic rings. The van der Waals surface area contributed by atoms with Gasteiger partial charge in [0.1, 0.15) is 0 Å². The highest BCUT2D eigenvalue weighted by Gasteiger charge is 2.17. The first kappa shape index (κ1) is 13.5. The van der Waals surface area contributed by atoms with Gasteiger partial charge in [-0.05, 0) is 6.92 Å². The number of hydrogen-bond acceptors (Lipinski definition) is 4. The summed E-state index contributed by atoms with van der Waals surface area (Å²) in [6.45, 7) is 1.60. The summed E-state index contributed by atoms with van der Waals surface area (Å²) in [6.07, 6.45) is 1.45. The van der Waals surface area contributed by atoms with Crippen LogP contribution in [0, 0.1) is 0 Å². The standard InChI is InChI=1S/C6H13NO5S2/c1-5(13(2)10)3-7-14(11,12)4-6(8)9/h5,7H,3-4H2,1-2H3,(H,8,9). The van der Waals surface area contributed by atoms with E-state index in [0.717, 1.165) is 0 Å². The Hall–Kier alpha value is -0.470. The van der Waals surface area contributed by atoms with Crippen molar-refractivity contribution in [3.63, 3.8) is 0 Å². The smallest absolute Gasteiger partial charge is 0.320 e. The van der Waals surface area contributed by atoms with E-state index in [2.05, 4.69) is 4.72 Å². The molecule has 6 nitrogen and oxygen atoms in total. The molecule has 0 aromatic carbocycles. The third kappa shape index (κ3) is 6.06. The fraction of sp³-hybridized carbons (Fsp3) is 0.833. The molecule has 0 aromatic heterocycles. The average molecular weight is 243 g/mol. The Labute approximate surface area is 85.2 Å². The van der Waals surface area contributed by atoms with Gasteiger partial charge in [0, 0.05) is 28.9 Å². The first-order chi connectivity index (χ1) is 6.24. The molecule has 0 rings (SSSR count). The number of sulfonamides is 1. The lowest BCUT2D eigenvalue weighted by Crippen LogP contribution is -2.36. The molecular formula is C6H13NO5S2. The third-order valence-electron chi connectivity index (χ3n) is 1.47. The normalized spacial score (nSPS) is 16.1. The van der Waals surface area contributed by atoms with Gasteiger partial charge in [0.25, 0.3) is 0 Å². The van der Waals surface area contributed by atoms with Gasteiger partial charge >= 0.3 is 5.97 Å². The van der Waals surface area contributed by atoms with Crippen LogP contribution in [0.3, 0.4) is 0 Å². The van der Waals surface area contributed by atoms with Crippen LogP contribution in [0.2, 0.25) is 0 Å². The maximum absolute atomic E-state index is 11.0. The van der Waals surface area contributed by atoms with E-state index in [9.17, 15) is 17.4 Å². The van der Waals surface area contributed by atoms with Crippen molar-refractivity contribution in [3.8, 4) is 0 Å². The summed E-state index contributed by atoms with van der Waals surface area (Å²) in [5, 5.41) is 7.91. The van der Waals surface area contributed by atoms with E-state index in [-0.39, 0.29) is 11.8 Å². The summed E-state index contributed by atoms with van der Waals surface area (Å²) in [7, 11) is -4.93. The molecule has 0 aliphatic heterocycles. The molecule has 0 amide bonds. The molecule has 0 radical (unpaired) electrons. The van der Waals surface area contributed by atoms with Crippen molar-refractivity contribution in [2.24, 2.45) is 0 Å². The Kier molecular flexibility index (Phi) is 5.24. The quantitative estimate of drug-likeness (QED) is 0.607. The van der Waals surface area contributed by atoms with Crippen LogP contribution in [0.15, 0.2) is 0 Å². The minimum Gasteiger partial charge on any atom is -0.480 e. The van der Waals surface area contributed by atoms with Crippen LogP contribution in [0.25, 0.3) is 0 Å². The number of aliphatic carboxylic acids is 1. The van der Waals surface area contributed by atoms with Gasteiger partial charge in [-0.25, -0.2) is 13.1 Å². The van der Waals surface area contributed by atoms with Crippen molar-refractivity contribution in [1.29, 1.82) is 0 Å². The van der Waals surface area contributed by atoms with Crippen LogP contribution < -0.4 is 4.72 Å². The van der Waals surface area contributed by atoms with Crippen molar-refractivity contribution >= 4 is 26.8 Å². The van der Waals surface area contributed by atoms with Gasteiger partial charge in [0.2, 0.25) is 10.0 Å². The van der Waals surface area contributed by atoms with E-state index in [0.29, 0.717) is 0 Å². The second-order valence-electron chi connectivity index (χ2n) is 2.81. The highest BCUT2D eigenvalue weighted by Crippen LogP contribution is 1.92. The lowest BCUT2D eigenvalue weighted by atomic mass is 10.5. The Bertz CT molecular complexity index is 323. The largest absolute Gasteiger partial charge is 0.480 e. The molecule has 0 saturated heterocycles. The highest BCUT2D eigenvalue weighted by molar-refractivity contribution is 7.90. The average Bonchev–Trinajstić information content (AvgIpc) is 1.97. The Morgan fingerprint density at radius 2 is 2.07 bits per heavy atom. The summed E-state index contributed by atoms with van der Waals surface area (Å²) in [5.74, 6) is -2.38. The lowest BCUT2D eigenvalue weighted by molar-refractivity contribution is -0.134. The number of nitrogens with one attached hydrogen (secondary N) is 1. The molecular weight excluding hydrogens is 230 g/mol. The van der Waals surface area contributed by atoms with Crippen LogP contribution in [0.1, 0.15) is 6.92 Å². The van der Waals surface area contributed by atoms with Gasteiger partial charge in [-0.1, -0.05) is 0 Å². The van der Waals surface area contributed by atoms with Gasteiger partial charge in [-0.3, -0.25) is 9.00 Å². The lowest BCUT2D eigenvalue weighted by Gasteiger charge is -2.08. The number of carbonyl (C=O) groups is 1. The van der Waals surface area contributed by atoms with Crippen molar-refractivity contribution in [2.75, 3.05) is 18.6 Å². The molecule has 0 fully saturated rings. The third-order valence-corrected chi connectivity index (χ3v) is 4.00. The SMILES string of the molecule is CC(CNS(=O)(=O)CC(=O)O)S(C)=O. The van der Waals surface area contributed by atoms with E-state index in [1.54, 1.807) is 6.92 Å². The highest BCUT2D eigenvalue weighted by atomic mass is 32.2. The van der Waals surface area contributed by atoms with Gasteiger partial charge in [0.15, 0.2) is 5.75 Å². The summed E-state index contributed by atoms with van der Waals surface area (Å²) in [4.78, 5) is 10.1. The number of carboxylic acid groups (broad SMARTS) is 1. The molecule has 8 heteroatoms. The van der Waals surface area contributed by atoms with E-state index < -0.39 is 32.5 Å². The van der Waals surface area contributed by atoms with Gasteiger partial charge in [-0.2, -0.15) is 0 Å². The fourth-order valence-corrected chi connectivity index (χ4v) is 1.93. The second-order valence-corrected chi connectivity index (χ2v) is 6.42. The molecule has 0 aromatic rings. The number of hydrogen-bond donors (Lipinski definition) is 2. The second kappa shape index (κ2) is 5.42. The maximum Gasteiger partial charge on any atom is 0.320 e. The summed E-state index contributed by atoms with van der Waals surface area (Å²) < 4.78 is 34.9. The van der Waals surface area contributed by atoms with Crippen LogP contribution in [-0.2, 0) is 25.6 Å². The monoisotopic (exact) mass is 243 g/mol. The topological polar surface area (TPSA) is 101 Å². The summed E-state index contributed by atoms with van der Waals surface area (Å²) in [6, 6.07) is 0. The first-order valence-corrected chi connectivity index (χ1v) is 7.03. The minimum absolute atomic E-state index is 0.0152. The van der Waals surface area contributed by atoms with E-state index in [1.165, 1.54) is 6.26 Å². The van der Waals surface area contributed by atoms with E-state index >= 15 is 0 Å². The van der Waals surface area contributed by atoms with Gasteiger partial charge in [0.05, 0.1) is 0 Å².